The van der Waals surface area contributed by atoms with Crippen LogP contribution in [-0.2, 0) is 6.54 Å². The van der Waals surface area contributed by atoms with Crippen molar-refractivity contribution in [1.29, 1.82) is 0 Å². The number of hydrogen-bond donors (Lipinski definition) is 2. The van der Waals surface area contributed by atoms with E-state index in [9.17, 15) is 0 Å². The van der Waals surface area contributed by atoms with Crippen molar-refractivity contribution >= 4 is 23.2 Å². The van der Waals surface area contributed by atoms with E-state index >= 15 is 0 Å². The molecule has 0 spiro atoms. The van der Waals surface area contributed by atoms with Gasteiger partial charge in [-0.1, -0.05) is 16.8 Å². The fourth-order valence-electron chi connectivity index (χ4n) is 2.90. The number of benzene rings is 1. The zero-order valence-electron chi connectivity index (χ0n) is 14.3. The van der Waals surface area contributed by atoms with Crippen LogP contribution in [0.3, 0.4) is 0 Å². The van der Waals surface area contributed by atoms with Crippen molar-refractivity contribution in [2.45, 2.75) is 19.0 Å². The van der Waals surface area contributed by atoms with Crippen LogP contribution in [0.15, 0.2) is 40.0 Å². The highest BCUT2D eigenvalue weighted by Gasteiger charge is 2.25. The van der Waals surface area contributed by atoms with Gasteiger partial charge in [-0.3, -0.25) is 4.99 Å². The molecule has 0 saturated carbocycles. The second kappa shape index (κ2) is 8.11. The Balaban J connectivity index is 1.58. The number of aromatic nitrogens is 1. The molecule has 2 N–H and O–H groups in total. The smallest absolute Gasteiger partial charge is 0.191 e. The number of rotatable bonds is 5. The largest absolute Gasteiger partial charge is 0.495 e. The maximum atomic E-state index is 6.14. The summed E-state index contributed by atoms with van der Waals surface area (Å²) in [4.78, 5) is 6.54. The number of anilines is 1. The number of aliphatic imine (C=N–C) groups is 1. The fraction of sp³-hybridized carbons (Fsp3) is 0.412. The summed E-state index contributed by atoms with van der Waals surface area (Å²) in [6, 6.07) is 7.79. The van der Waals surface area contributed by atoms with Gasteiger partial charge in [-0.25, -0.2) is 0 Å². The summed E-state index contributed by atoms with van der Waals surface area (Å²) in [6.07, 6.45) is 2.56. The maximum Gasteiger partial charge on any atom is 0.191 e. The quantitative estimate of drug-likeness (QED) is 0.627. The highest BCUT2D eigenvalue weighted by Crippen LogP contribution is 2.33. The number of methoxy groups -OCH3 is 1. The zero-order chi connectivity index (χ0) is 17.6. The normalized spacial score (nSPS) is 17.6. The van der Waals surface area contributed by atoms with Crippen molar-refractivity contribution in [1.82, 2.24) is 15.8 Å². The molecule has 1 fully saturated rings. The Hall–Kier alpha value is -2.41. The van der Waals surface area contributed by atoms with Crippen LogP contribution in [-0.4, -0.2) is 44.4 Å². The molecule has 3 rings (SSSR count). The van der Waals surface area contributed by atoms with Crippen LogP contribution in [0, 0.1) is 0 Å². The van der Waals surface area contributed by atoms with Gasteiger partial charge in [0.2, 0.25) is 0 Å². The third kappa shape index (κ3) is 4.36. The predicted octanol–water partition coefficient (Wildman–Crippen LogP) is 2.28. The molecule has 7 nitrogen and oxygen atoms in total. The standard InChI is InChI=1S/C17H22ClN5O2/c1-19-17(20-10-13-6-8-25-22-13)21-14-5-7-23(11-14)15-9-12(18)3-4-16(15)24-2/h3-4,6,8-9,14H,5,7,10-11H2,1-2H3,(H2,19,20,21). The molecule has 134 valence electrons. The van der Waals surface area contributed by atoms with Crippen LogP contribution < -0.4 is 20.3 Å². The van der Waals surface area contributed by atoms with Crippen LogP contribution >= 0.6 is 11.6 Å². The molecular formula is C17H22ClN5O2. The van der Waals surface area contributed by atoms with E-state index in [0.717, 1.165) is 42.6 Å². The fourth-order valence-corrected chi connectivity index (χ4v) is 3.06. The first-order valence-electron chi connectivity index (χ1n) is 8.14. The minimum atomic E-state index is 0.284. The van der Waals surface area contributed by atoms with Gasteiger partial charge in [0, 0.05) is 37.3 Å². The van der Waals surface area contributed by atoms with Gasteiger partial charge in [-0.2, -0.15) is 0 Å². The predicted molar refractivity (Wildman–Crippen MR) is 98.5 cm³/mol. The maximum absolute atomic E-state index is 6.14. The van der Waals surface area contributed by atoms with E-state index in [-0.39, 0.29) is 6.04 Å². The second-order valence-corrected chi connectivity index (χ2v) is 6.25. The van der Waals surface area contributed by atoms with Gasteiger partial charge in [-0.05, 0) is 24.6 Å². The van der Waals surface area contributed by atoms with Gasteiger partial charge in [0.1, 0.15) is 17.7 Å². The van der Waals surface area contributed by atoms with Gasteiger partial charge in [0.05, 0.1) is 19.3 Å². The number of nitrogens with zero attached hydrogens (tertiary/aromatic N) is 3. The second-order valence-electron chi connectivity index (χ2n) is 5.81. The summed E-state index contributed by atoms with van der Waals surface area (Å²) in [6.45, 7) is 2.34. The molecular weight excluding hydrogens is 342 g/mol. The first-order valence-corrected chi connectivity index (χ1v) is 8.52. The molecule has 0 radical (unpaired) electrons. The average molecular weight is 364 g/mol. The molecule has 2 heterocycles. The molecule has 1 aromatic heterocycles. The summed E-state index contributed by atoms with van der Waals surface area (Å²) < 4.78 is 10.3. The van der Waals surface area contributed by atoms with Gasteiger partial charge in [-0.15, -0.1) is 0 Å². The van der Waals surface area contributed by atoms with Crippen molar-refractivity contribution in [2.24, 2.45) is 4.99 Å². The van der Waals surface area contributed by atoms with Crippen LogP contribution in [0.2, 0.25) is 5.02 Å². The molecule has 25 heavy (non-hydrogen) atoms. The van der Waals surface area contributed by atoms with Crippen LogP contribution in [0.1, 0.15) is 12.1 Å². The van der Waals surface area contributed by atoms with E-state index in [2.05, 4.69) is 25.7 Å². The number of nitrogens with one attached hydrogen (secondary N) is 2. The van der Waals surface area contributed by atoms with Crippen molar-refractivity contribution in [3.05, 3.63) is 41.2 Å². The van der Waals surface area contributed by atoms with Crippen molar-refractivity contribution < 1.29 is 9.26 Å². The Morgan fingerprint density at radius 1 is 1.48 bits per heavy atom. The van der Waals surface area contributed by atoms with E-state index in [1.54, 1.807) is 20.4 Å². The summed E-state index contributed by atoms with van der Waals surface area (Å²) in [5.74, 6) is 1.58. The molecule has 1 aliphatic heterocycles. The van der Waals surface area contributed by atoms with E-state index in [0.29, 0.717) is 11.6 Å². The van der Waals surface area contributed by atoms with E-state index in [4.69, 9.17) is 20.9 Å². The molecule has 1 aliphatic rings. The molecule has 2 aromatic rings. The van der Waals surface area contributed by atoms with Crippen molar-refractivity contribution in [3.8, 4) is 5.75 Å². The summed E-state index contributed by atoms with van der Waals surface area (Å²) >= 11 is 6.14. The molecule has 0 amide bonds. The minimum Gasteiger partial charge on any atom is -0.495 e. The van der Waals surface area contributed by atoms with E-state index in [1.165, 1.54) is 0 Å². The Labute approximate surface area is 152 Å². The highest BCUT2D eigenvalue weighted by molar-refractivity contribution is 6.30. The van der Waals surface area contributed by atoms with E-state index < -0.39 is 0 Å². The Morgan fingerprint density at radius 3 is 3.08 bits per heavy atom. The monoisotopic (exact) mass is 363 g/mol. The lowest BCUT2D eigenvalue weighted by molar-refractivity contribution is 0.410. The number of hydrogen-bond acceptors (Lipinski definition) is 5. The summed E-state index contributed by atoms with van der Waals surface area (Å²) in [7, 11) is 3.43. The summed E-state index contributed by atoms with van der Waals surface area (Å²) in [5, 5.41) is 11.3. The molecule has 1 unspecified atom stereocenters. The topological polar surface area (TPSA) is 74.9 Å². The SMILES string of the molecule is CN=C(NCc1ccon1)NC1CCN(c2cc(Cl)ccc2OC)C1. The number of guanidine groups is 1. The molecule has 0 aliphatic carbocycles. The van der Waals surface area contributed by atoms with Gasteiger partial charge in [0.15, 0.2) is 5.96 Å². The molecule has 1 saturated heterocycles. The zero-order valence-corrected chi connectivity index (χ0v) is 15.1. The third-order valence-corrected chi connectivity index (χ3v) is 4.40. The van der Waals surface area contributed by atoms with Gasteiger partial charge in [0.25, 0.3) is 0 Å². The highest BCUT2D eigenvalue weighted by atomic mass is 35.5. The first kappa shape index (κ1) is 17.4. The summed E-state index contributed by atoms with van der Waals surface area (Å²) in [5.41, 5.74) is 1.85. The first-order chi connectivity index (χ1) is 12.2. The van der Waals surface area contributed by atoms with Crippen LogP contribution in [0.25, 0.3) is 0 Å². The minimum absolute atomic E-state index is 0.284. The van der Waals surface area contributed by atoms with Crippen LogP contribution in [0.5, 0.6) is 5.75 Å². The molecule has 1 atom stereocenters. The Morgan fingerprint density at radius 2 is 2.36 bits per heavy atom. The lowest BCUT2D eigenvalue weighted by Crippen LogP contribution is -2.44. The van der Waals surface area contributed by atoms with Gasteiger partial charge >= 0.3 is 0 Å². The molecule has 1 aromatic carbocycles. The van der Waals surface area contributed by atoms with Crippen molar-refractivity contribution in [3.63, 3.8) is 0 Å². The Bertz CT molecular complexity index is 720. The third-order valence-electron chi connectivity index (χ3n) is 4.16. The lowest BCUT2D eigenvalue weighted by Gasteiger charge is -2.22. The van der Waals surface area contributed by atoms with Gasteiger partial charge < -0.3 is 24.8 Å². The van der Waals surface area contributed by atoms with Crippen molar-refractivity contribution in [2.75, 3.05) is 32.1 Å². The lowest BCUT2D eigenvalue weighted by atomic mass is 10.2. The Kier molecular flexibility index (Phi) is 5.65. The average Bonchev–Trinajstić information content (AvgIpc) is 3.30. The molecule has 8 heteroatoms. The van der Waals surface area contributed by atoms with Crippen LogP contribution in [0.4, 0.5) is 5.69 Å². The van der Waals surface area contributed by atoms with E-state index in [1.807, 2.05) is 24.3 Å². The number of ether oxygens (including phenoxy) is 1. The molecule has 0 bridgehead atoms. The number of halogens is 1.